The van der Waals surface area contributed by atoms with Crippen molar-refractivity contribution in [2.45, 2.75) is 0 Å². The van der Waals surface area contributed by atoms with Crippen molar-refractivity contribution < 1.29 is 14.7 Å². The Morgan fingerprint density at radius 3 is 1.20 bits per heavy atom. The van der Waals surface area contributed by atoms with Crippen LogP contribution in [-0.2, 0) is 0 Å². The van der Waals surface area contributed by atoms with Gasteiger partial charge in [-0.3, -0.25) is 0 Å². The zero-order valence-corrected chi connectivity index (χ0v) is 6.77. The van der Waals surface area contributed by atoms with Crippen molar-refractivity contribution in [3.8, 4) is 0 Å². The van der Waals surface area contributed by atoms with Crippen LogP contribution < -0.4 is 0 Å². The van der Waals surface area contributed by atoms with Crippen molar-refractivity contribution in [1.29, 1.82) is 0 Å². The standard InChI is InChI=1S/H4O3P.Po.H/c1-4(2)3;;/h1-4H;;/q+1;-1;. The Hall–Kier alpha value is 1.21. The van der Waals surface area contributed by atoms with Crippen LogP contribution in [0.1, 0.15) is 0 Å². The molecule has 0 unspecified atom stereocenters. The van der Waals surface area contributed by atoms with Crippen LogP contribution in [0.3, 0.4) is 0 Å². The molecule has 5 heavy (non-hydrogen) atoms. The van der Waals surface area contributed by atoms with Crippen LogP contribution >= 0.6 is 5.18 Å². The molecule has 0 atom stereocenters. The van der Waals surface area contributed by atoms with Gasteiger partial charge < -0.3 is 0 Å². The van der Waals surface area contributed by atoms with Gasteiger partial charge in [-0.2, -0.15) is 0 Å². The summed E-state index contributed by atoms with van der Waals surface area (Å²) in [7, 11) is 0. The Balaban J connectivity index is 3.02. The summed E-state index contributed by atoms with van der Waals surface area (Å²) < 4.78 is 0. The minimum atomic E-state index is -3.50. The van der Waals surface area contributed by atoms with E-state index in [1.807, 2.05) is 0 Å². The number of rotatable bonds is 0. The molecular weight excluding hydrogens is 288 g/mol. The molecule has 0 heterocycles. The Labute approximate surface area is 44.6 Å². The van der Waals surface area contributed by atoms with Crippen LogP contribution in [-0.4, -0.2) is 39.2 Å². The summed E-state index contributed by atoms with van der Waals surface area (Å²) in [5, 5.41) is -3.50. The van der Waals surface area contributed by atoms with Gasteiger partial charge in [0.2, 0.25) is 0 Å². The number of hydrogen-bond acceptors (Lipinski definition) is 3. The van der Waals surface area contributed by atoms with Crippen molar-refractivity contribution in [1.82, 2.24) is 0 Å². The Bertz CT molecular complexity index is 22.4. The molecule has 0 bridgehead atoms. The van der Waals surface area contributed by atoms with E-state index in [4.69, 9.17) is 14.7 Å². The van der Waals surface area contributed by atoms with Gasteiger partial charge in [0.05, 0.1) is 0 Å². The van der Waals surface area contributed by atoms with Crippen molar-refractivity contribution in [3.63, 3.8) is 0 Å². The molecule has 0 saturated carbocycles. The van der Waals surface area contributed by atoms with Crippen LogP contribution in [0.5, 0.6) is 0 Å². The maximum atomic E-state index is 7.82. The van der Waals surface area contributed by atoms with Gasteiger partial charge in [-0.05, 0) is 0 Å². The summed E-state index contributed by atoms with van der Waals surface area (Å²) in [6.07, 6.45) is 0. The molecule has 0 fully saturated rings. The molecule has 34 valence electrons. The number of hydrogen-bond donors (Lipinski definition) is 3. The predicted octanol–water partition coefficient (Wildman–Crippen LogP) is -1.73. The van der Waals surface area contributed by atoms with Gasteiger partial charge in [-0.15, -0.1) is 0 Å². The first-order chi connectivity index (χ1) is 2.00. The summed E-state index contributed by atoms with van der Waals surface area (Å²) in [4.78, 5) is 23.5. The molecule has 0 radical (unpaired) electrons. The van der Waals surface area contributed by atoms with E-state index in [9.17, 15) is 0 Å². The molecule has 0 rings (SSSR count). The van der Waals surface area contributed by atoms with E-state index in [-0.39, 0.29) is 24.5 Å². The zero-order chi connectivity index (χ0) is 4.50. The molecule has 3 nitrogen and oxygen atoms in total. The Kier molecular flexibility index (Phi) is 2.20. The SMILES string of the molecule is O[PH](O)(O)[PoH]. The van der Waals surface area contributed by atoms with E-state index < -0.39 is 5.18 Å². The first-order valence-corrected chi connectivity index (χ1v) is 7.90. The third-order valence-corrected chi connectivity index (χ3v) is 0. The normalized spacial score (nSPS) is 15.2. The van der Waals surface area contributed by atoms with Crippen LogP contribution in [0.4, 0.5) is 0 Å². The fourth-order valence-corrected chi connectivity index (χ4v) is 0. The Morgan fingerprint density at radius 2 is 1.20 bits per heavy atom. The average Bonchev–Trinajstić information content (AvgIpc) is 0.722. The second-order valence-corrected chi connectivity index (χ2v) is 8.80. The van der Waals surface area contributed by atoms with E-state index in [1.165, 1.54) is 0 Å². The first-order valence-electron chi connectivity index (χ1n) is 0.894. The van der Waals surface area contributed by atoms with E-state index >= 15 is 0 Å². The van der Waals surface area contributed by atoms with Crippen LogP contribution in [0.25, 0.3) is 0 Å². The van der Waals surface area contributed by atoms with E-state index in [2.05, 4.69) is 0 Å². The molecule has 0 aromatic rings. The maximum absolute atomic E-state index is 7.82. The molecule has 0 aliphatic heterocycles. The van der Waals surface area contributed by atoms with Crippen molar-refractivity contribution in [2.75, 3.05) is 0 Å². The third-order valence-electron chi connectivity index (χ3n) is 0. The predicted molar refractivity (Wildman–Crippen MR) is 22.1 cm³/mol. The van der Waals surface area contributed by atoms with Gasteiger partial charge in [-0.25, -0.2) is 0 Å². The summed E-state index contributed by atoms with van der Waals surface area (Å²) in [6, 6.07) is 0. The molecule has 0 spiro atoms. The Morgan fingerprint density at radius 1 is 1.20 bits per heavy atom. The fourth-order valence-electron chi connectivity index (χ4n) is 0. The molecular formula is H5O3PPo. The molecule has 0 saturated heterocycles. The minimum absolute atomic E-state index is 0.289. The third kappa shape index (κ3) is 36.8. The van der Waals surface area contributed by atoms with Gasteiger partial charge in [0.15, 0.2) is 0 Å². The molecule has 0 aliphatic carbocycles. The van der Waals surface area contributed by atoms with Gasteiger partial charge in [-0.1, -0.05) is 0 Å². The second kappa shape index (κ2) is 1.77. The zero-order valence-electron chi connectivity index (χ0n) is 2.29. The van der Waals surface area contributed by atoms with Gasteiger partial charge in [0.25, 0.3) is 0 Å². The second-order valence-electron chi connectivity index (χ2n) is 0.600. The molecule has 0 aliphatic rings. The molecule has 0 aromatic heterocycles. The quantitative estimate of drug-likeness (QED) is 0.465. The first kappa shape index (κ1) is 6.21. The summed E-state index contributed by atoms with van der Waals surface area (Å²) >= 11 is 0.289. The molecule has 0 amide bonds. The molecule has 0 aromatic carbocycles. The van der Waals surface area contributed by atoms with Crippen LogP contribution in [0.2, 0.25) is 0 Å². The fraction of sp³-hybridized carbons (Fsp3) is 0. The summed E-state index contributed by atoms with van der Waals surface area (Å²) in [5.74, 6) is 0. The molecule has 3 N–H and O–H groups in total. The molecule has 5 heteroatoms. The monoisotopic (exact) mass is 293 g/mol. The van der Waals surface area contributed by atoms with Crippen molar-refractivity contribution in [3.05, 3.63) is 0 Å². The van der Waals surface area contributed by atoms with E-state index in [0.717, 1.165) is 0 Å². The van der Waals surface area contributed by atoms with Crippen LogP contribution in [0, 0.1) is 0 Å². The topological polar surface area (TPSA) is 60.7 Å². The van der Waals surface area contributed by atoms with E-state index in [1.54, 1.807) is 0 Å². The summed E-state index contributed by atoms with van der Waals surface area (Å²) in [6.45, 7) is 0. The van der Waals surface area contributed by atoms with Crippen molar-refractivity contribution in [2.24, 2.45) is 0 Å². The van der Waals surface area contributed by atoms with Crippen molar-refractivity contribution >= 4 is 29.7 Å². The van der Waals surface area contributed by atoms with Crippen LogP contribution in [0.15, 0.2) is 0 Å². The van der Waals surface area contributed by atoms with Gasteiger partial charge >= 0.3 is 44.3 Å². The van der Waals surface area contributed by atoms with Gasteiger partial charge in [0.1, 0.15) is 0 Å². The van der Waals surface area contributed by atoms with E-state index in [0.29, 0.717) is 0 Å². The average molecular weight is 293 g/mol. The summed E-state index contributed by atoms with van der Waals surface area (Å²) in [5.41, 5.74) is 0. The van der Waals surface area contributed by atoms with Gasteiger partial charge in [0, 0.05) is 0 Å².